The van der Waals surface area contributed by atoms with E-state index in [1.807, 2.05) is 6.07 Å². The van der Waals surface area contributed by atoms with Gasteiger partial charge in [0.2, 0.25) is 0 Å². The molecule has 0 radical (unpaired) electrons. The minimum atomic E-state index is -0.216. The van der Waals surface area contributed by atoms with Crippen LogP contribution in [0.25, 0.3) is 10.4 Å². The molecule has 0 aliphatic rings. The summed E-state index contributed by atoms with van der Waals surface area (Å²) in [4.78, 5) is 4.88. The lowest BCUT2D eigenvalue weighted by molar-refractivity contribution is 0.281. The zero-order chi connectivity index (χ0) is 10.8. The third-order valence-corrected chi connectivity index (χ3v) is 3.18. The molecule has 0 bridgehead atoms. The van der Waals surface area contributed by atoms with Crippen LogP contribution in [0.5, 0.6) is 0 Å². The van der Waals surface area contributed by atoms with Crippen molar-refractivity contribution in [1.82, 2.24) is 4.98 Å². The van der Waals surface area contributed by atoms with Gasteiger partial charge < -0.3 is 5.11 Å². The molecule has 2 nitrogen and oxygen atoms in total. The van der Waals surface area contributed by atoms with Crippen LogP contribution in [0.1, 0.15) is 10.6 Å². The Balaban J connectivity index is 2.40. The molecule has 0 atom stereocenters. The van der Waals surface area contributed by atoms with Gasteiger partial charge in [0.05, 0.1) is 11.5 Å². The number of halogens is 1. The number of hydrogen-bond acceptors (Lipinski definition) is 3. The fraction of sp³-hybridized carbons (Fsp3) is 0.182. The van der Waals surface area contributed by atoms with Crippen LogP contribution in [0.3, 0.4) is 0 Å². The third kappa shape index (κ3) is 2.06. The highest BCUT2D eigenvalue weighted by Crippen LogP contribution is 2.27. The topological polar surface area (TPSA) is 33.1 Å². The van der Waals surface area contributed by atoms with Gasteiger partial charge in [-0.05, 0) is 24.1 Å². The Morgan fingerprint density at radius 2 is 2.27 bits per heavy atom. The van der Waals surface area contributed by atoms with Crippen LogP contribution < -0.4 is 0 Å². The molecular weight excluding hydrogens is 213 g/mol. The minimum absolute atomic E-state index is 0.0704. The van der Waals surface area contributed by atoms with Crippen molar-refractivity contribution >= 4 is 11.3 Å². The van der Waals surface area contributed by atoms with Crippen LogP contribution in [0, 0.1) is 12.7 Å². The molecule has 1 aromatic carbocycles. The number of aryl methyl sites for hydroxylation is 1. The first-order valence-corrected chi connectivity index (χ1v) is 5.34. The molecule has 2 aromatic rings. The van der Waals surface area contributed by atoms with Gasteiger partial charge in [0, 0.05) is 6.20 Å². The number of aliphatic hydroxyl groups is 1. The molecule has 0 aliphatic carbocycles. The van der Waals surface area contributed by atoms with Crippen molar-refractivity contribution in [3.63, 3.8) is 0 Å². The van der Waals surface area contributed by atoms with Gasteiger partial charge in [-0.15, -0.1) is 11.3 Å². The minimum Gasteiger partial charge on any atom is -0.389 e. The maximum Gasteiger partial charge on any atom is 0.126 e. The van der Waals surface area contributed by atoms with E-state index in [9.17, 15) is 4.39 Å². The van der Waals surface area contributed by atoms with Crippen molar-refractivity contribution in [1.29, 1.82) is 0 Å². The molecule has 0 saturated heterocycles. The summed E-state index contributed by atoms with van der Waals surface area (Å²) in [7, 11) is 0. The summed E-state index contributed by atoms with van der Waals surface area (Å²) in [6.07, 6.45) is 1.65. The summed E-state index contributed by atoms with van der Waals surface area (Å²) in [5.74, 6) is -0.216. The van der Waals surface area contributed by atoms with Gasteiger partial charge in [-0.1, -0.05) is 12.1 Å². The van der Waals surface area contributed by atoms with Gasteiger partial charge in [0.15, 0.2) is 0 Å². The van der Waals surface area contributed by atoms with Gasteiger partial charge in [0.1, 0.15) is 10.8 Å². The van der Waals surface area contributed by atoms with Crippen LogP contribution in [0.2, 0.25) is 0 Å². The highest BCUT2D eigenvalue weighted by molar-refractivity contribution is 7.15. The van der Waals surface area contributed by atoms with Crippen molar-refractivity contribution < 1.29 is 9.50 Å². The standard InChI is InChI=1S/C11H10FNOS/c1-7-2-3-8(4-9(7)12)10-5-13-11(6-14)15-10/h2-5,14H,6H2,1H3. The first kappa shape index (κ1) is 10.3. The Hall–Kier alpha value is -1.26. The third-order valence-electron chi connectivity index (χ3n) is 2.15. The number of nitrogens with zero attached hydrogens (tertiary/aromatic N) is 1. The highest BCUT2D eigenvalue weighted by atomic mass is 32.1. The Bertz CT molecular complexity index is 481. The van der Waals surface area contributed by atoms with Crippen LogP contribution in [0.4, 0.5) is 4.39 Å². The van der Waals surface area contributed by atoms with Crippen LogP contribution >= 0.6 is 11.3 Å². The van der Waals surface area contributed by atoms with E-state index in [-0.39, 0.29) is 12.4 Å². The lowest BCUT2D eigenvalue weighted by atomic mass is 10.1. The first-order valence-electron chi connectivity index (χ1n) is 4.53. The molecule has 1 heterocycles. The molecule has 1 aromatic heterocycles. The quantitative estimate of drug-likeness (QED) is 0.849. The van der Waals surface area contributed by atoms with Crippen molar-refractivity contribution in [3.05, 3.63) is 40.8 Å². The Labute approximate surface area is 91.0 Å². The van der Waals surface area contributed by atoms with Gasteiger partial charge in [-0.3, -0.25) is 0 Å². The van der Waals surface area contributed by atoms with E-state index in [2.05, 4.69) is 4.98 Å². The highest BCUT2D eigenvalue weighted by Gasteiger charge is 2.05. The average molecular weight is 223 g/mol. The molecule has 0 spiro atoms. The van der Waals surface area contributed by atoms with E-state index in [4.69, 9.17) is 5.11 Å². The van der Waals surface area contributed by atoms with Crippen molar-refractivity contribution in [2.24, 2.45) is 0 Å². The van der Waals surface area contributed by atoms with Gasteiger partial charge in [0.25, 0.3) is 0 Å². The van der Waals surface area contributed by atoms with E-state index >= 15 is 0 Å². The average Bonchev–Trinajstić information content (AvgIpc) is 2.70. The predicted octanol–water partition coefficient (Wildman–Crippen LogP) is 2.75. The molecule has 78 valence electrons. The Morgan fingerprint density at radius 1 is 1.47 bits per heavy atom. The van der Waals surface area contributed by atoms with Gasteiger partial charge in [-0.2, -0.15) is 0 Å². The molecule has 4 heteroatoms. The van der Waals surface area contributed by atoms with Crippen LogP contribution in [-0.2, 0) is 6.61 Å². The molecule has 0 amide bonds. The van der Waals surface area contributed by atoms with Crippen LogP contribution in [-0.4, -0.2) is 10.1 Å². The summed E-state index contributed by atoms with van der Waals surface area (Å²) in [6.45, 7) is 1.66. The maximum absolute atomic E-state index is 13.3. The lowest BCUT2D eigenvalue weighted by Gasteiger charge is -1.99. The maximum atomic E-state index is 13.3. The number of rotatable bonds is 2. The Kier molecular flexibility index (Phi) is 2.79. The summed E-state index contributed by atoms with van der Waals surface area (Å²) in [5.41, 5.74) is 1.43. The van der Waals surface area contributed by atoms with E-state index in [0.717, 1.165) is 10.4 Å². The zero-order valence-corrected chi connectivity index (χ0v) is 9.01. The molecule has 0 saturated carbocycles. The van der Waals surface area contributed by atoms with Gasteiger partial charge in [-0.25, -0.2) is 9.37 Å². The second kappa shape index (κ2) is 4.08. The first-order chi connectivity index (χ1) is 7.20. The van der Waals surface area contributed by atoms with E-state index in [0.29, 0.717) is 10.6 Å². The van der Waals surface area contributed by atoms with Crippen molar-refractivity contribution in [2.45, 2.75) is 13.5 Å². The summed E-state index contributed by atoms with van der Waals surface area (Å²) >= 11 is 1.37. The fourth-order valence-electron chi connectivity index (χ4n) is 1.26. The second-order valence-corrected chi connectivity index (χ2v) is 4.36. The molecule has 0 unspecified atom stereocenters. The molecule has 15 heavy (non-hydrogen) atoms. The van der Waals surface area contributed by atoms with E-state index in [1.54, 1.807) is 19.2 Å². The van der Waals surface area contributed by atoms with Crippen LogP contribution in [0.15, 0.2) is 24.4 Å². The summed E-state index contributed by atoms with van der Waals surface area (Å²) in [5, 5.41) is 9.51. The van der Waals surface area contributed by atoms with Gasteiger partial charge >= 0.3 is 0 Å². The molecule has 0 fully saturated rings. The smallest absolute Gasteiger partial charge is 0.126 e. The monoisotopic (exact) mass is 223 g/mol. The summed E-state index contributed by atoms with van der Waals surface area (Å²) < 4.78 is 13.3. The largest absolute Gasteiger partial charge is 0.389 e. The molecule has 2 rings (SSSR count). The number of hydrogen-bond donors (Lipinski definition) is 1. The van der Waals surface area contributed by atoms with E-state index in [1.165, 1.54) is 17.4 Å². The predicted molar refractivity (Wildman–Crippen MR) is 58.2 cm³/mol. The number of aliphatic hydroxyl groups excluding tert-OH is 1. The van der Waals surface area contributed by atoms with Crippen molar-refractivity contribution in [3.8, 4) is 10.4 Å². The number of aromatic nitrogens is 1. The molecule has 1 N–H and O–H groups in total. The normalized spacial score (nSPS) is 10.6. The lowest BCUT2D eigenvalue weighted by Crippen LogP contribution is -1.82. The Morgan fingerprint density at radius 3 is 2.87 bits per heavy atom. The summed E-state index contributed by atoms with van der Waals surface area (Å²) in [6, 6.07) is 5.08. The zero-order valence-electron chi connectivity index (χ0n) is 8.20. The second-order valence-electron chi connectivity index (χ2n) is 3.24. The van der Waals surface area contributed by atoms with E-state index < -0.39 is 0 Å². The fourth-order valence-corrected chi connectivity index (χ4v) is 2.04. The number of benzene rings is 1. The SMILES string of the molecule is Cc1ccc(-c2cnc(CO)s2)cc1F. The molecule has 0 aliphatic heterocycles. The molecular formula is C11H10FNOS. The van der Waals surface area contributed by atoms with Crippen molar-refractivity contribution in [2.75, 3.05) is 0 Å². The number of thiazole rings is 1.